The van der Waals surface area contributed by atoms with Gasteiger partial charge in [0.25, 0.3) is 5.69 Å². The molecule has 0 saturated heterocycles. The number of benzene rings is 2. The van der Waals surface area contributed by atoms with Gasteiger partial charge in [0, 0.05) is 19.0 Å². The van der Waals surface area contributed by atoms with Crippen LogP contribution in [0.4, 0.5) is 11.4 Å². The maximum absolute atomic E-state index is 11.6. The van der Waals surface area contributed by atoms with Crippen LogP contribution in [0.2, 0.25) is 0 Å². The Bertz CT molecular complexity index is 744. The Morgan fingerprint density at radius 3 is 2.45 bits per heavy atom. The van der Waals surface area contributed by atoms with Crippen molar-refractivity contribution in [1.29, 1.82) is 0 Å². The Kier molecular flexibility index (Phi) is 3.50. The fourth-order valence-corrected chi connectivity index (χ4v) is 2.86. The number of para-hydroxylation sites is 2. The van der Waals surface area contributed by atoms with Gasteiger partial charge in [-0.2, -0.15) is 0 Å². The number of nitro benzene ring substituents is 1. The highest BCUT2D eigenvalue weighted by molar-refractivity contribution is 5.81. The number of hydrogen-bond acceptors (Lipinski definition) is 4. The van der Waals surface area contributed by atoms with Crippen molar-refractivity contribution in [3.05, 3.63) is 69.8 Å². The van der Waals surface area contributed by atoms with Crippen molar-refractivity contribution >= 4 is 17.3 Å². The molecular weight excluding hydrogens is 284 g/mol. The number of fused-ring (bicyclic) bond motifs is 1. The minimum atomic E-state index is -0.979. The topological polar surface area (TPSA) is 83.7 Å². The molecule has 0 amide bonds. The van der Waals surface area contributed by atoms with E-state index in [1.165, 1.54) is 6.07 Å². The highest BCUT2D eigenvalue weighted by atomic mass is 16.6. The molecule has 6 heteroatoms. The first-order valence-corrected chi connectivity index (χ1v) is 6.87. The average Bonchev–Trinajstić information content (AvgIpc) is 2.53. The predicted octanol–water partition coefficient (Wildman–Crippen LogP) is 2.61. The molecule has 0 aliphatic carbocycles. The maximum atomic E-state index is 11.6. The van der Waals surface area contributed by atoms with Crippen LogP contribution in [-0.2, 0) is 17.8 Å². The van der Waals surface area contributed by atoms with Crippen molar-refractivity contribution in [1.82, 2.24) is 0 Å². The predicted molar refractivity (Wildman–Crippen MR) is 80.8 cm³/mol. The molecule has 22 heavy (non-hydrogen) atoms. The van der Waals surface area contributed by atoms with Gasteiger partial charge in [-0.25, -0.2) is 4.79 Å². The van der Waals surface area contributed by atoms with E-state index in [2.05, 4.69) is 0 Å². The molecule has 2 aromatic rings. The van der Waals surface area contributed by atoms with Crippen LogP contribution in [0.15, 0.2) is 48.5 Å². The number of anilines is 1. The van der Waals surface area contributed by atoms with E-state index in [9.17, 15) is 20.0 Å². The lowest BCUT2D eigenvalue weighted by Crippen LogP contribution is -2.45. The fourth-order valence-electron chi connectivity index (χ4n) is 2.86. The third-order valence-corrected chi connectivity index (χ3v) is 3.92. The summed E-state index contributed by atoms with van der Waals surface area (Å²) >= 11 is 0. The first-order chi connectivity index (χ1) is 10.6. The lowest BCUT2D eigenvalue weighted by molar-refractivity contribution is -0.384. The van der Waals surface area contributed by atoms with E-state index < -0.39 is 16.9 Å². The highest BCUT2D eigenvalue weighted by Crippen LogP contribution is 2.34. The summed E-state index contributed by atoms with van der Waals surface area (Å²) in [7, 11) is 0. The van der Waals surface area contributed by atoms with E-state index in [0.29, 0.717) is 18.7 Å². The van der Waals surface area contributed by atoms with Crippen molar-refractivity contribution in [2.45, 2.75) is 19.0 Å². The summed E-state index contributed by atoms with van der Waals surface area (Å²) < 4.78 is 0. The number of nitrogens with zero attached hydrogens (tertiary/aromatic N) is 2. The van der Waals surface area contributed by atoms with Crippen molar-refractivity contribution in [2.24, 2.45) is 0 Å². The molecular formula is C16H14N2O4. The minimum absolute atomic E-state index is 0.0758. The molecule has 1 atom stereocenters. The first kappa shape index (κ1) is 14.1. The van der Waals surface area contributed by atoms with E-state index in [1.54, 1.807) is 23.1 Å². The molecule has 0 radical (unpaired) electrons. The normalized spacial score (nSPS) is 16.9. The average molecular weight is 298 g/mol. The van der Waals surface area contributed by atoms with Gasteiger partial charge in [-0.05, 0) is 17.2 Å². The number of rotatable bonds is 3. The maximum Gasteiger partial charge on any atom is 0.326 e. The van der Waals surface area contributed by atoms with Crippen molar-refractivity contribution in [3.8, 4) is 0 Å². The lowest BCUT2D eigenvalue weighted by atomic mass is 9.93. The second-order valence-electron chi connectivity index (χ2n) is 5.20. The van der Waals surface area contributed by atoms with Gasteiger partial charge in [-0.15, -0.1) is 0 Å². The quantitative estimate of drug-likeness (QED) is 0.695. The zero-order chi connectivity index (χ0) is 15.7. The third-order valence-electron chi connectivity index (χ3n) is 3.92. The van der Waals surface area contributed by atoms with Crippen LogP contribution < -0.4 is 4.90 Å². The first-order valence-electron chi connectivity index (χ1n) is 6.87. The van der Waals surface area contributed by atoms with E-state index in [0.717, 1.165) is 11.1 Å². The summed E-state index contributed by atoms with van der Waals surface area (Å²) in [6, 6.07) is 13.0. The summed E-state index contributed by atoms with van der Waals surface area (Å²) in [6.45, 7) is 0.345. The molecule has 0 saturated carbocycles. The Hall–Kier alpha value is -2.89. The van der Waals surface area contributed by atoms with Gasteiger partial charge in [0.15, 0.2) is 0 Å². The Morgan fingerprint density at radius 1 is 1.14 bits per heavy atom. The molecule has 1 unspecified atom stereocenters. The van der Waals surface area contributed by atoms with Crippen LogP contribution in [0.25, 0.3) is 0 Å². The number of aliphatic carboxylic acids is 1. The van der Waals surface area contributed by atoms with Crippen LogP contribution in [0.3, 0.4) is 0 Å². The largest absolute Gasteiger partial charge is 0.480 e. The van der Waals surface area contributed by atoms with E-state index in [1.807, 2.05) is 24.3 Å². The SMILES string of the molecule is O=C(O)C1Cc2ccccc2CN1c1ccccc1[N+](=O)[O-]. The number of carboxylic acid groups (broad SMARTS) is 1. The Morgan fingerprint density at radius 2 is 1.77 bits per heavy atom. The van der Waals surface area contributed by atoms with Gasteiger partial charge in [-0.3, -0.25) is 10.1 Å². The summed E-state index contributed by atoms with van der Waals surface area (Å²) in [6.07, 6.45) is 0.331. The molecule has 6 nitrogen and oxygen atoms in total. The zero-order valence-corrected chi connectivity index (χ0v) is 11.7. The molecule has 0 spiro atoms. The van der Waals surface area contributed by atoms with Crippen LogP contribution in [0.5, 0.6) is 0 Å². The van der Waals surface area contributed by atoms with Gasteiger partial charge in [-0.1, -0.05) is 36.4 Å². The number of carboxylic acids is 1. The van der Waals surface area contributed by atoms with Gasteiger partial charge >= 0.3 is 5.97 Å². The highest BCUT2D eigenvalue weighted by Gasteiger charge is 2.34. The smallest absolute Gasteiger partial charge is 0.326 e. The second kappa shape index (κ2) is 5.48. The van der Waals surface area contributed by atoms with E-state index >= 15 is 0 Å². The number of nitro groups is 1. The van der Waals surface area contributed by atoms with Crippen molar-refractivity contribution in [2.75, 3.05) is 4.90 Å². The molecule has 0 aromatic heterocycles. The van der Waals surface area contributed by atoms with Gasteiger partial charge in [0.2, 0.25) is 0 Å². The number of hydrogen-bond donors (Lipinski definition) is 1. The van der Waals surface area contributed by atoms with Crippen LogP contribution >= 0.6 is 0 Å². The molecule has 1 aliphatic rings. The summed E-state index contributed by atoms with van der Waals surface area (Å²) in [4.78, 5) is 24.0. The Labute approximate surface area is 126 Å². The molecule has 1 N–H and O–H groups in total. The Balaban J connectivity index is 2.09. The van der Waals surface area contributed by atoms with Crippen LogP contribution in [0.1, 0.15) is 11.1 Å². The molecule has 0 bridgehead atoms. The minimum Gasteiger partial charge on any atom is -0.480 e. The zero-order valence-electron chi connectivity index (χ0n) is 11.7. The standard InChI is InChI=1S/C16H14N2O4/c19-16(20)15-9-11-5-1-2-6-12(11)10-17(15)13-7-3-4-8-14(13)18(21)22/h1-8,15H,9-10H2,(H,19,20). The fraction of sp³-hybridized carbons (Fsp3) is 0.188. The molecule has 1 aliphatic heterocycles. The van der Waals surface area contributed by atoms with Crippen LogP contribution in [0, 0.1) is 10.1 Å². The van der Waals surface area contributed by atoms with Crippen molar-refractivity contribution in [3.63, 3.8) is 0 Å². The molecule has 112 valence electrons. The molecule has 2 aromatic carbocycles. The van der Waals surface area contributed by atoms with Crippen LogP contribution in [-0.4, -0.2) is 22.0 Å². The second-order valence-corrected chi connectivity index (χ2v) is 5.20. The summed E-state index contributed by atoms with van der Waals surface area (Å²) in [5, 5.41) is 20.7. The lowest BCUT2D eigenvalue weighted by Gasteiger charge is -2.35. The molecule has 1 heterocycles. The van der Waals surface area contributed by atoms with Gasteiger partial charge < -0.3 is 10.0 Å². The molecule has 0 fully saturated rings. The van der Waals surface area contributed by atoms with E-state index in [4.69, 9.17) is 0 Å². The third kappa shape index (κ3) is 2.39. The van der Waals surface area contributed by atoms with Gasteiger partial charge in [0.05, 0.1) is 4.92 Å². The van der Waals surface area contributed by atoms with Gasteiger partial charge in [0.1, 0.15) is 11.7 Å². The van der Waals surface area contributed by atoms with Crippen molar-refractivity contribution < 1.29 is 14.8 Å². The summed E-state index contributed by atoms with van der Waals surface area (Å²) in [5.41, 5.74) is 2.24. The van der Waals surface area contributed by atoms with E-state index in [-0.39, 0.29) is 5.69 Å². The molecule has 3 rings (SSSR count). The number of carbonyl (C=O) groups is 1. The monoisotopic (exact) mass is 298 g/mol. The summed E-state index contributed by atoms with van der Waals surface area (Å²) in [5.74, 6) is -0.979.